The van der Waals surface area contributed by atoms with E-state index >= 15 is 0 Å². The van der Waals surface area contributed by atoms with E-state index in [0.29, 0.717) is 0 Å². The lowest BCUT2D eigenvalue weighted by Gasteiger charge is -2.33. The van der Waals surface area contributed by atoms with Crippen LogP contribution >= 0.6 is 0 Å². The van der Waals surface area contributed by atoms with Crippen LogP contribution in [0.1, 0.15) is 76.2 Å². The Balaban J connectivity index is 1.16. The Kier molecular flexibility index (Phi) is 4.45. The van der Waals surface area contributed by atoms with Crippen LogP contribution in [0.25, 0.3) is 5.57 Å². The van der Waals surface area contributed by atoms with Crippen molar-refractivity contribution in [3.63, 3.8) is 0 Å². The summed E-state index contributed by atoms with van der Waals surface area (Å²) in [6.45, 7) is 0. The first kappa shape index (κ1) is 18.7. The van der Waals surface area contributed by atoms with Crippen molar-refractivity contribution in [2.75, 3.05) is 0 Å². The summed E-state index contributed by atoms with van der Waals surface area (Å²) < 4.78 is 0. The molecule has 7 rings (SSSR count). The van der Waals surface area contributed by atoms with E-state index in [4.69, 9.17) is 0 Å². The van der Waals surface area contributed by atoms with Gasteiger partial charge < -0.3 is 0 Å². The summed E-state index contributed by atoms with van der Waals surface area (Å²) in [6.07, 6.45) is 23.7. The van der Waals surface area contributed by atoms with Crippen LogP contribution in [0.5, 0.6) is 0 Å². The average Bonchev–Trinajstić information content (AvgIpc) is 3.59. The maximum absolute atomic E-state index is 2.79. The predicted molar refractivity (Wildman–Crippen MR) is 129 cm³/mol. The summed E-state index contributed by atoms with van der Waals surface area (Å²) in [5.74, 6) is 5.16. The van der Waals surface area contributed by atoms with Crippen LogP contribution in [0.3, 0.4) is 0 Å². The number of hydrogen-bond donors (Lipinski definition) is 0. The first-order chi connectivity index (χ1) is 15.3. The second kappa shape index (κ2) is 7.36. The Morgan fingerprint density at radius 2 is 1.35 bits per heavy atom. The van der Waals surface area contributed by atoms with Gasteiger partial charge in [0.2, 0.25) is 0 Å². The fraction of sp³-hybridized carbons (Fsp3) is 0.548. The van der Waals surface area contributed by atoms with Gasteiger partial charge in [0.05, 0.1) is 0 Å². The van der Waals surface area contributed by atoms with E-state index in [2.05, 4.69) is 48.6 Å². The minimum absolute atomic E-state index is 0.785. The van der Waals surface area contributed by atoms with Gasteiger partial charge in [-0.05, 0) is 140 Å². The van der Waals surface area contributed by atoms with Crippen LogP contribution in [0.2, 0.25) is 0 Å². The molecule has 160 valence electrons. The molecule has 0 aromatic heterocycles. The van der Waals surface area contributed by atoms with Gasteiger partial charge in [-0.2, -0.15) is 0 Å². The Morgan fingerprint density at radius 1 is 0.645 bits per heavy atom. The Labute approximate surface area is 188 Å². The van der Waals surface area contributed by atoms with Crippen molar-refractivity contribution < 1.29 is 0 Å². The second-order valence-corrected chi connectivity index (χ2v) is 11.4. The minimum Gasteiger partial charge on any atom is -0.0773 e. The first-order valence-electron chi connectivity index (χ1n) is 13.3. The highest BCUT2D eigenvalue weighted by molar-refractivity contribution is 5.77. The summed E-state index contributed by atoms with van der Waals surface area (Å²) in [6, 6.07) is 11.4. The molecule has 4 fully saturated rings. The molecule has 6 atom stereocenters. The molecule has 1 aromatic carbocycles. The Hall–Kier alpha value is -1.82. The molecule has 6 aliphatic carbocycles. The zero-order chi connectivity index (χ0) is 20.4. The van der Waals surface area contributed by atoms with Crippen LogP contribution in [0, 0.1) is 35.5 Å². The summed E-state index contributed by atoms with van der Waals surface area (Å²) in [5, 5.41) is 0. The van der Waals surface area contributed by atoms with Crippen LogP contribution in [-0.2, 0) is 0 Å². The largest absolute Gasteiger partial charge is 0.0773 e. The zero-order valence-corrected chi connectivity index (χ0v) is 18.9. The molecule has 0 N–H and O–H groups in total. The molecule has 0 amide bonds. The molecule has 0 spiro atoms. The van der Waals surface area contributed by atoms with Gasteiger partial charge in [-0.15, -0.1) is 0 Å². The van der Waals surface area contributed by atoms with Crippen molar-refractivity contribution in [3.8, 4) is 0 Å². The Morgan fingerprint density at radius 3 is 2.26 bits per heavy atom. The molecule has 31 heavy (non-hydrogen) atoms. The Bertz CT molecular complexity index is 1000. The third-order valence-corrected chi connectivity index (χ3v) is 9.92. The second-order valence-electron chi connectivity index (χ2n) is 11.4. The molecule has 0 heteroatoms. The smallest absolute Gasteiger partial charge is 0.00873 e. The number of benzene rings is 1. The number of rotatable bonds is 3. The van der Waals surface area contributed by atoms with Gasteiger partial charge in [0.15, 0.2) is 0 Å². The van der Waals surface area contributed by atoms with E-state index in [1.165, 1.54) is 76.2 Å². The molecular weight excluding hydrogens is 372 g/mol. The molecule has 1 aromatic rings. The fourth-order valence-corrected chi connectivity index (χ4v) is 8.61. The van der Waals surface area contributed by atoms with E-state index in [-0.39, 0.29) is 0 Å². The van der Waals surface area contributed by atoms with Crippen LogP contribution in [0.4, 0.5) is 0 Å². The van der Waals surface area contributed by atoms with Gasteiger partial charge in [0.25, 0.3) is 0 Å². The highest BCUT2D eigenvalue weighted by Gasteiger charge is 2.45. The lowest BCUT2D eigenvalue weighted by atomic mass is 9.71. The maximum Gasteiger partial charge on any atom is -0.00873 e. The number of hydrogen-bond acceptors (Lipinski definition) is 0. The SMILES string of the molecule is C1=C2CCCC2=CC2C1CCC2CC1CCC2C(c3ccccc3)=C3CCCC3=CC12. The summed E-state index contributed by atoms with van der Waals surface area (Å²) >= 11 is 0. The van der Waals surface area contributed by atoms with E-state index < -0.39 is 0 Å². The molecule has 6 aliphatic rings. The quantitative estimate of drug-likeness (QED) is 0.472. The number of fused-ring (bicyclic) bond motifs is 4. The normalized spacial score (nSPS) is 38.3. The molecular formula is C31H36. The van der Waals surface area contributed by atoms with Crippen molar-refractivity contribution >= 4 is 5.57 Å². The molecule has 0 bridgehead atoms. The molecule has 0 nitrogen and oxygen atoms in total. The zero-order valence-electron chi connectivity index (χ0n) is 18.9. The average molecular weight is 409 g/mol. The fourth-order valence-electron chi connectivity index (χ4n) is 8.61. The minimum atomic E-state index is 0.785. The van der Waals surface area contributed by atoms with E-state index in [1.807, 2.05) is 0 Å². The topological polar surface area (TPSA) is 0 Å². The van der Waals surface area contributed by atoms with Gasteiger partial charge in [0.1, 0.15) is 0 Å². The van der Waals surface area contributed by atoms with E-state index in [1.54, 1.807) is 27.9 Å². The highest BCUT2D eigenvalue weighted by Crippen LogP contribution is 2.57. The molecule has 0 saturated heterocycles. The van der Waals surface area contributed by atoms with Crippen molar-refractivity contribution in [1.29, 1.82) is 0 Å². The number of allylic oxidation sites excluding steroid dienone is 8. The van der Waals surface area contributed by atoms with Crippen molar-refractivity contribution in [1.82, 2.24) is 0 Å². The maximum atomic E-state index is 2.79. The highest BCUT2D eigenvalue weighted by atomic mass is 14.5. The van der Waals surface area contributed by atoms with Crippen molar-refractivity contribution in [2.24, 2.45) is 35.5 Å². The van der Waals surface area contributed by atoms with Gasteiger partial charge >= 0.3 is 0 Å². The van der Waals surface area contributed by atoms with Gasteiger partial charge in [-0.3, -0.25) is 0 Å². The molecule has 0 aliphatic heterocycles. The summed E-state index contributed by atoms with van der Waals surface area (Å²) in [5.41, 5.74) is 10.2. The standard InChI is InChI=1S/C31H36/c1-2-6-20(7-3-1)31-27-11-5-10-23(27)19-30-26(14-15-28(30)31)17-25-13-12-24-16-21-8-4-9-22(21)18-29(24)25/h1-3,6-7,16,18-19,24-26,28-30H,4-5,8-15,17H2. The van der Waals surface area contributed by atoms with E-state index in [9.17, 15) is 0 Å². The van der Waals surface area contributed by atoms with Crippen LogP contribution < -0.4 is 0 Å². The van der Waals surface area contributed by atoms with Gasteiger partial charge in [-0.1, -0.05) is 48.6 Å². The van der Waals surface area contributed by atoms with Crippen molar-refractivity contribution in [2.45, 2.75) is 70.6 Å². The summed E-state index contributed by atoms with van der Waals surface area (Å²) in [4.78, 5) is 0. The molecule has 0 heterocycles. The van der Waals surface area contributed by atoms with Crippen LogP contribution in [0.15, 0.2) is 70.9 Å². The molecule has 6 unspecified atom stereocenters. The lowest BCUT2D eigenvalue weighted by molar-refractivity contribution is 0.288. The molecule has 4 saturated carbocycles. The summed E-state index contributed by atoms with van der Waals surface area (Å²) in [7, 11) is 0. The van der Waals surface area contributed by atoms with E-state index in [0.717, 1.165) is 35.5 Å². The first-order valence-corrected chi connectivity index (χ1v) is 13.3. The van der Waals surface area contributed by atoms with Gasteiger partial charge in [0, 0.05) is 0 Å². The van der Waals surface area contributed by atoms with Gasteiger partial charge in [-0.25, -0.2) is 0 Å². The monoisotopic (exact) mass is 408 g/mol. The predicted octanol–water partition coefficient (Wildman–Crippen LogP) is 8.29. The third kappa shape index (κ3) is 3.00. The van der Waals surface area contributed by atoms with Crippen LogP contribution in [-0.4, -0.2) is 0 Å². The lowest BCUT2D eigenvalue weighted by Crippen LogP contribution is -2.23. The third-order valence-electron chi connectivity index (χ3n) is 9.92. The molecule has 0 radical (unpaired) electrons. The van der Waals surface area contributed by atoms with Crippen molar-refractivity contribution in [3.05, 3.63) is 76.4 Å².